The molecule has 5 nitrogen and oxygen atoms in total. The maximum absolute atomic E-state index is 6.93. The van der Waals surface area contributed by atoms with Crippen LogP contribution in [0, 0.1) is 0 Å². The number of fused-ring (bicyclic) bond motifs is 14. The number of aromatic nitrogens is 1. The van der Waals surface area contributed by atoms with Crippen LogP contribution in [0.4, 0.5) is 34.1 Å². The van der Waals surface area contributed by atoms with E-state index in [1.165, 1.54) is 65.0 Å². The smallest absolute Gasteiger partial charge is 0.143 e. The minimum atomic E-state index is 0.850. The minimum absolute atomic E-state index is 0.850. The lowest BCUT2D eigenvalue weighted by atomic mass is 9.92. The normalized spacial score (nSPS) is 11.7. The van der Waals surface area contributed by atoms with Gasteiger partial charge in [0.2, 0.25) is 0 Å². The molecule has 25 aromatic rings. The van der Waals surface area contributed by atoms with E-state index in [9.17, 15) is 0 Å². The number of anilines is 6. The Kier molecular flexibility index (Phi) is 17.9. The molecule has 3 aromatic heterocycles. The molecule has 0 bridgehead atoms. The van der Waals surface area contributed by atoms with E-state index in [-0.39, 0.29) is 0 Å². The molecular formula is C124H79N3O2. The van der Waals surface area contributed by atoms with E-state index >= 15 is 0 Å². The predicted molar refractivity (Wildman–Crippen MR) is 544 cm³/mol. The van der Waals surface area contributed by atoms with Gasteiger partial charge in [0, 0.05) is 82.6 Å². The van der Waals surface area contributed by atoms with Gasteiger partial charge in [-0.15, -0.1) is 0 Å². The molecule has 602 valence electrons. The Morgan fingerprint density at radius 3 is 1.12 bits per heavy atom. The number of benzene rings is 22. The lowest BCUT2D eigenvalue weighted by Crippen LogP contribution is -2.13. The third kappa shape index (κ3) is 12.7. The first-order chi connectivity index (χ1) is 64.0. The van der Waals surface area contributed by atoms with Crippen LogP contribution in [-0.4, -0.2) is 4.57 Å². The van der Waals surface area contributed by atoms with Crippen molar-refractivity contribution < 1.29 is 8.83 Å². The molecule has 0 aliphatic carbocycles. The summed E-state index contributed by atoms with van der Waals surface area (Å²) in [4.78, 5) is 4.97. The monoisotopic (exact) mass is 1640 g/mol. The zero-order chi connectivity index (χ0) is 85.0. The molecule has 5 heteroatoms. The van der Waals surface area contributed by atoms with Crippen molar-refractivity contribution in [3.05, 3.63) is 479 Å². The van der Waals surface area contributed by atoms with Crippen molar-refractivity contribution in [3.63, 3.8) is 0 Å². The van der Waals surface area contributed by atoms with Crippen LogP contribution in [0.25, 0.3) is 215 Å². The molecule has 0 aliphatic heterocycles. The fourth-order valence-electron chi connectivity index (χ4n) is 20.4. The Labute approximate surface area is 746 Å². The predicted octanol–water partition coefficient (Wildman–Crippen LogP) is 35.1. The summed E-state index contributed by atoms with van der Waals surface area (Å²) in [6.45, 7) is 0. The Hall–Kier alpha value is -17.1. The van der Waals surface area contributed by atoms with Gasteiger partial charge in [-0.3, -0.25) is 0 Å². The zero-order valence-corrected chi connectivity index (χ0v) is 70.3. The fourth-order valence-corrected chi connectivity index (χ4v) is 20.4. The van der Waals surface area contributed by atoms with Gasteiger partial charge in [-0.25, -0.2) is 0 Å². The molecule has 0 aliphatic rings. The van der Waals surface area contributed by atoms with Crippen LogP contribution in [0.15, 0.2) is 488 Å². The maximum Gasteiger partial charge on any atom is 0.143 e. The molecule has 3 heterocycles. The molecule has 0 N–H and O–H groups in total. The summed E-state index contributed by atoms with van der Waals surface area (Å²) >= 11 is 0. The highest BCUT2D eigenvalue weighted by Gasteiger charge is 2.29. The molecule has 22 aromatic carbocycles. The van der Waals surface area contributed by atoms with Crippen molar-refractivity contribution in [2.45, 2.75) is 0 Å². The first kappa shape index (κ1) is 74.5. The van der Waals surface area contributed by atoms with Crippen molar-refractivity contribution in [2.24, 2.45) is 0 Å². The number of hydrogen-bond acceptors (Lipinski definition) is 4. The summed E-state index contributed by atoms with van der Waals surface area (Å²) in [5.74, 6) is 0. The molecule has 0 atom stereocenters. The Balaban J connectivity index is 0.628. The van der Waals surface area contributed by atoms with Crippen LogP contribution in [0.3, 0.4) is 0 Å². The van der Waals surface area contributed by atoms with Gasteiger partial charge in [0.25, 0.3) is 0 Å². The van der Waals surface area contributed by atoms with Gasteiger partial charge in [0.1, 0.15) is 22.3 Å². The number of rotatable bonds is 16. The zero-order valence-electron chi connectivity index (χ0n) is 70.3. The summed E-state index contributed by atoms with van der Waals surface area (Å²) in [7, 11) is 0. The molecule has 0 saturated heterocycles. The summed E-state index contributed by atoms with van der Waals surface area (Å²) in [5.41, 5.74) is 32.6. The van der Waals surface area contributed by atoms with E-state index in [4.69, 9.17) is 8.83 Å². The number of furan rings is 2. The highest BCUT2D eigenvalue weighted by Crippen LogP contribution is 2.53. The van der Waals surface area contributed by atoms with E-state index < -0.39 is 0 Å². The van der Waals surface area contributed by atoms with Crippen molar-refractivity contribution in [1.29, 1.82) is 0 Å². The van der Waals surface area contributed by atoms with Gasteiger partial charge in [0.15, 0.2) is 0 Å². The third-order valence-corrected chi connectivity index (χ3v) is 26.4. The van der Waals surface area contributed by atoms with Gasteiger partial charge < -0.3 is 23.2 Å². The second kappa shape index (κ2) is 31.0. The van der Waals surface area contributed by atoms with Crippen LogP contribution in [0.5, 0.6) is 0 Å². The topological polar surface area (TPSA) is 37.7 Å². The summed E-state index contributed by atoms with van der Waals surface area (Å²) < 4.78 is 16.3. The highest BCUT2D eigenvalue weighted by molar-refractivity contribution is 6.17. The van der Waals surface area contributed by atoms with Crippen molar-refractivity contribution in [1.82, 2.24) is 4.57 Å². The summed E-state index contributed by atoms with van der Waals surface area (Å²) in [6.07, 6.45) is 0. The standard InChI is InChI=1S/C124H79N3O2/c1-2-28-83(29-3-1)99-73-67-89(95-46-24-33-81-30-4-7-35-93(81)95)78-118(99)125(115-53-19-14-42-104(115)109-48-26-50-111-107-44-16-22-56-121(107)128-123(109)111)91-69-62-85(63-70-91)98-38-12-18-52-114(98)127-117-55-21-13-41-103(117)106-75-66-87(77-120(106)127)80-58-60-84(61-59-80)100-74-68-90(96-47-25-34-82-31-5-8-36-94(82)96)79-119(100)126(116-54-20-15-43-105(116)110-49-27-51-112-108-45-17-23-57-122(108)129-124(110)112)92-71-64-86(65-72-92)113-76-88-32-6-9-37-97(88)101-39-10-11-40-102(101)113/h1-79H. The van der Waals surface area contributed by atoms with Crippen LogP contribution in [-0.2, 0) is 0 Å². The first-order valence-electron chi connectivity index (χ1n) is 44.2. The lowest BCUT2D eigenvalue weighted by molar-refractivity contribution is 0.669. The van der Waals surface area contributed by atoms with Crippen LogP contribution in [0.1, 0.15) is 0 Å². The molecule has 0 unspecified atom stereocenters. The third-order valence-electron chi connectivity index (χ3n) is 26.4. The van der Waals surface area contributed by atoms with Gasteiger partial charge in [-0.1, -0.05) is 394 Å². The molecule has 0 amide bonds. The molecule has 0 radical (unpaired) electrons. The highest BCUT2D eigenvalue weighted by atomic mass is 16.3. The number of hydrogen-bond donors (Lipinski definition) is 0. The van der Waals surface area contributed by atoms with E-state index in [2.05, 4.69) is 488 Å². The average Bonchev–Trinajstić information content (AvgIpc) is 1.79. The van der Waals surface area contributed by atoms with Crippen LogP contribution in [0.2, 0.25) is 0 Å². The Bertz CT molecular complexity index is 8740. The van der Waals surface area contributed by atoms with E-state index in [0.717, 1.165) is 184 Å². The number of nitrogens with zero attached hydrogens (tertiary/aromatic N) is 3. The van der Waals surface area contributed by atoms with Gasteiger partial charge >= 0.3 is 0 Å². The van der Waals surface area contributed by atoms with Gasteiger partial charge in [-0.05, 0) is 189 Å². The second-order valence-corrected chi connectivity index (χ2v) is 33.6. The fraction of sp³-hybridized carbons (Fsp3) is 0. The van der Waals surface area contributed by atoms with E-state index in [0.29, 0.717) is 0 Å². The SMILES string of the molecule is c1ccc(-c2ccc(-c3cccc4ccccc34)cc2N(c2ccc(-c3ccccc3-n3c4ccccc4c4ccc(-c5ccc(-c6ccc(-c7cccc8ccccc78)cc6N(c6ccc(-c7cc8ccccc8c8ccccc78)cc6)c6ccccc6-c6cccc7c6oc6ccccc67)cc5)cc43)cc2)c2ccccc2-c2cccc3c2oc2ccccc23)cc1. The maximum atomic E-state index is 6.93. The number of para-hydroxylation sites is 8. The molecular weight excluding hydrogens is 1560 g/mol. The second-order valence-electron chi connectivity index (χ2n) is 33.6. The molecule has 25 rings (SSSR count). The van der Waals surface area contributed by atoms with Crippen LogP contribution < -0.4 is 9.80 Å². The van der Waals surface area contributed by atoms with Crippen molar-refractivity contribution in [2.75, 3.05) is 9.80 Å². The first-order valence-corrected chi connectivity index (χ1v) is 44.2. The molecule has 0 saturated carbocycles. The largest absolute Gasteiger partial charge is 0.455 e. The minimum Gasteiger partial charge on any atom is -0.455 e. The quantitative estimate of drug-likeness (QED) is 0.0904. The molecule has 0 spiro atoms. The summed E-state index contributed by atoms with van der Waals surface area (Å²) in [6, 6.07) is 176. The van der Waals surface area contributed by atoms with Gasteiger partial charge in [0.05, 0.1) is 39.5 Å². The van der Waals surface area contributed by atoms with Gasteiger partial charge in [-0.2, -0.15) is 0 Å². The molecule has 0 fully saturated rings. The van der Waals surface area contributed by atoms with Crippen molar-refractivity contribution in [3.8, 4) is 106 Å². The van der Waals surface area contributed by atoms with Crippen LogP contribution >= 0.6 is 0 Å². The summed E-state index contributed by atoms with van der Waals surface area (Å²) in [5, 5.41) is 16.4. The van der Waals surface area contributed by atoms with Crippen molar-refractivity contribution >= 4 is 143 Å². The van der Waals surface area contributed by atoms with E-state index in [1.54, 1.807) is 0 Å². The molecule has 129 heavy (non-hydrogen) atoms. The average molecular weight is 1640 g/mol. The Morgan fingerprint density at radius 1 is 0.163 bits per heavy atom. The Morgan fingerprint density at radius 2 is 0.535 bits per heavy atom. The van der Waals surface area contributed by atoms with E-state index in [1.807, 2.05) is 6.07 Å². The lowest BCUT2D eigenvalue weighted by Gasteiger charge is -2.31.